The molecule has 1 fully saturated rings. The highest BCUT2D eigenvalue weighted by Gasteiger charge is 2.23. The van der Waals surface area contributed by atoms with E-state index in [0.717, 1.165) is 18.5 Å². The first kappa shape index (κ1) is 17.6. The zero-order chi connectivity index (χ0) is 16.7. The van der Waals surface area contributed by atoms with E-state index < -0.39 is 10.0 Å². The maximum atomic E-state index is 12.1. The third-order valence-electron chi connectivity index (χ3n) is 3.81. The molecular weight excluding hydrogens is 316 g/mol. The lowest BCUT2D eigenvalue weighted by atomic mass is 10.1. The van der Waals surface area contributed by atoms with Gasteiger partial charge < -0.3 is 15.5 Å². The molecule has 7 nitrogen and oxygen atoms in total. The minimum absolute atomic E-state index is 0.106. The van der Waals surface area contributed by atoms with Crippen LogP contribution in [0.1, 0.15) is 12.8 Å². The summed E-state index contributed by atoms with van der Waals surface area (Å²) in [7, 11) is -1.93. The van der Waals surface area contributed by atoms with Crippen molar-refractivity contribution < 1.29 is 13.2 Å². The fourth-order valence-corrected chi connectivity index (χ4v) is 3.13. The second-order valence-corrected chi connectivity index (χ2v) is 7.60. The van der Waals surface area contributed by atoms with Crippen LogP contribution in [0.2, 0.25) is 0 Å². The van der Waals surface area contributed by atoms with E-state index in [1.807, 2.05) is 30.3 Å². The molecule has 1 saturated heterocycles. The number of carbonyl (C=O) groups excluding carboxylic acids is 1. The van der Waals surface area contributed by atoms with Gasteiger partial charge in [-0.1, -0.05) is 18.2 Å². The zero-order valence-corrected chi connectivity index (χ0v) is 14.1. The van der Waals surface area contributed by atoms with Crippen molar-refractivity contribution in [2.45, 2.75) is 18.9 Å². The van der Waals surface area contributed by atoms with Crippen LogP contribution in [0.25, 0.3) is 0 Å². The topological polar surface area (TPSA) is 90.5 Å². The number of nitrogens with one attached hydrogen (secondary N) is 3. The van der Waals surface area contributed by atoms with Crippen molar-refractivity contribution in [2.75, 3.05) is 37.8 Å². The Labute approximate surface area is 137 Å². The molecular formula is C15H24N4O3S. The fourth-order valence-electron chi connectivity index (χ4n) is 2.56. The summed E-state index contributed by atoms with van der Waals surface area (Å²) >= 11 is 0. The van der Waals surface area contributed by atoms with Crippen LogP contribution in [0, 0.1) is 0 Å². The lowest BCUT2D eigenvalue weighted by molar-refractivity contribution is 0.183. The number of benzene rings is 1. The van der Waals surface area contributed by atoms with Gasteiger partial charge in [0.05, 0.1) is 5.75 Å². The SMILES string of the molecule is CNS(=O)(=O)CCNC(=O)N1CCC[C@@H](Nc2ccccc2)C1. The van der Waals surface area contributed by atoms with Gasteiger partial charge in [0.25, 0.3) is 0 Å². The predicted octanol–water partition coefficient (Wildman–Crippen LogP) is 0.822. The molecule has 3 N–H and O–H groups in total. The molecule has 0 aliphatic carbocycles. The average molecular weight is 340 g/mol. The summed E-state index contributed by atoms with van der Waals surface area (Å²) in [4.78, 5) is 13.9. The van der Waals surface area contributed by atoms with Gasteiger partial charge in [0.15, 0.2) is 0 Å². The first-order valence-electron chi connectivity index (χ1n) is 7.76. The third-order valence-corrected chi connectivity index (χ3v) is 5.17. The normalized spacial score (nSPS) is 18.5. The van der Waals surface area contributed by atoms with Crippen LogP contribution < -0.4 is 15.4 Å². The van der Waals surface area contributed by atoms with Crippen molar-refractivity contribution >= 4 is 21.7 Å². The zero-order valence-electron chi connectivity index (χ0n) is 13.3. The molecule has 2 amide bonds. The standard InChI is InChI=1S/C15H24N4O3S/c1-16-23(21,22)11-9-17-15(20)19-10-5-8-14(12-19)18-13-6-3-2-4-7-13/h2-4,6-7,14,16,18H,5,8-12H2,1H3,(H,17,20)/t14-/m1/s1. The molecule has 1 atom stereocenters. The number of amides is 2. The Bertz CT molecular complexity index is 606. The Kier molecular flexibility index (Phi) is 6.23. The minimum Gasteiger partial charge on any atom is -0.381 e. The number of rotatable bonds is 6. The van der Waals surface area contributed by atoms with Crippen molar-refractivity contribution in [3.8, 4) is 0 Å². The Balaban J connectivity index is 1.80. The fraction of sp³-hybridized carbons (Fsp3) is 0.533. The van der Waals surface area contributed by atoms with Gasteiger partial charge in [-0.05, 0) is 32.0 Å². The van der Waals surface area contributed by atoms with E-state index in [9.17, 15) is 13.2 Å². The van der Waals surface area contributed by atoms with Crippen LogP contribution in [0.15, 0.2) is 30.3 Å². The molecule has 0 radical (unpaired) electrons. The van der Waals surface area contributed by atoms with Crippen LogP contribution in [0.4, 0.5) is 10.5 Å². The van der Waals surface area contributed by atoms with Crippen molar-refractivity contribution in [3.05, 3.63) is 30.3 Å². The quantitative estimate of drug-likeness (QED) is 0.715. The highest BCUT2D eigenvalue weighted by Crippen LogP contribution is 2.15. The first-order chi connectivity index (χ1) is 11.0. The third kappa shape index (κ3) is 5.72. The van der Waals surface area contributed by atoms with Crippen LogP contribution in [0.5, 0.6) is 0 Å². The molecule has 8 heteroatoms. The summed E-state index contributed by atoms with van der Waals surface area (Å²) in [6.45, 7) is 1.41. The van der Waals surface area contributed by atoms with Crippen molar-refractivity contribution in [3.63, 3.8) is 0 Å². The smallest absolute Gasteiger partial charge is 0.317 e. The van der Waals surface area contributed by atoms with Gasteiger partial charge in [-0.15, -0.1) is 0 Å². The number of carbonyl (C=O) groups is 1. The molecule has 1 aliphatic rings. The van der Waals surface area contributed by atoms with Crippen molar-refractivity contribution in [1.82, 2.24) is 14.9 Å². The molecule has 1 aromatic carbocycles. The number of anilines is 1. The number of urea groups is 1. The highest BCUT2D eigenvalue weighted by molar-refractivity contribution is 7.89. The molecule has 1 heterocycles. The average Bonchev–Trinajstić information content (AvgIpc) is 2.56. The van der Waals surface area contributed by atoms with Crippen molar-refractivity contribution in [2.24, 2.45) is 0 Å². The van der Waals surface area contributed by atoms with E-state index in [1.54, 1.807) is 4.90 Å². The van der Waals surface area contributed by atoms with Gasteiger partial charge >= 0.3 is 6.03 Å². The maximum absolute atomic E-state index is 12.1. The monoisotopic (exact) mass is 340 g/mol. The molecule has 0 unspecified atom stereocenters. The summed E-state index contributed by atoms with van der Waals surface area (Å²) < 4.78 is 24.9. The first-order valence-corrected chi connectivity index (χ1v) is 9.41. The number of piperidine rings is 1. The number of likely N-dealkylation sites (tertiary alicyclic amines) is 1. The maximum Gasteiger partial charge on any atom is 0.317 e. The molecule has 0 aromatic heterocycles. The van der Waals surface area contributed by atoms with Gasteiger partial charge in [0.1, 0.15) is 0 Å². The minimum atomic E-state index is -3.29. The summed E-state index contributed by atoms with van der Waals surface area (Å²) in [6, 6.07) is 9.90. The summed E-state index contributed by atoms with van der Waals surface area (Å²) in [5.74, 6) is -0.116. The number of para-hydroxylation sites is 1. The van der Waals surface area contributed by atoms with E-state index in [0.29, 0.717) is 13.1 Å². The van der Waals surface area contributed by atoms with Crippen molar-refractivity contribution in [1.29, 1.82) is 0 Å². The number of hydrogen-bond donors (Lipinski definition) is 3. The molecule has 2 rings (SSSR count). The second-order valence-electron chi connectivity index (χ2n) is 5.55. The Hall–Kier alpha value is -1.80. The van der Waals surface area contributed by atoms with E-state index in [1.165, 1.54) is 7.05 Å². The van der Waals surface area contributed by atoms with Gasteiger partial charge in [-0.3, -0.25) is 0 Å². The molecule has 1 aromatic rings. The highest BCUT2D eigenvalue weighted by atomic mass is 32.2. The number of hydrogen-bond acceptors (Lipinski definition) is 4. The summed E-state index contributed by atoms with van der Waals surface area (Å²) in [6.07, 6.45) is 1.93. The largest absolute Gasteiger partial charge is 0.381 e. The lowest BCUT2D eigenvalue weighted by Crippen LogP contribution is -2.49. The Morgan fingerprint density at radius 3 is 2.74 bits per heavy atom. The van der Waals surface area contributed by atoms with Gasteiger partial charge in [-0.2, -0.15) is 0 Å². The molecule has 1 aliphatic heterocycles. The van der Waals surface area contributed by atoms with Gasteiger partial charge in [0.2, 0.25) is 10.0 Å². The number of sulfonamides is 1. The lowest BCUT2D eigenvalue weighted by Gasteiger charge is -2.33. The Morgan fingerprint density at radius 2 is 2.04 bits per heavy atom. The van der Waals surface area contributed by atoms with E-state index in [4.69, 9.17) is 0 Å². The Morgan fingerprint density at radius 1 is 1.30 bits per heavy atom. The summed E-state index contributed by atoms with van der Waals surface area (Å²) in [5.41, 5.74) is 1.04. The molecule has 0 bridgehead atoms. The van der Waals surface area contributed by atoms with E-state index in [2.05, 4.69) is 15.4 Å². The molecule has 128 valence electrons. The molecule has 0 saturated carbocycles. The van der Waals surface area contributed by atoms with E-state index >= 15 is 0 Å². The van der Waals surface area contributed by atoms with Gasteiger partial charge in [-0.25, -0.2) is 17.9 Å². The molecule has 23 heavy (non-hydrogen) atoms. The van der Waals surface area contributed by atoms with Crippen LogP contribution in [-0.2, 0) is 10.0 Å². The van der Waals surface area contributed by atoms with Gasteiger partial charge in [0, 0.05) is 31.4 Å². The second kappa shape index (κ2) is 8.16. The summed E-state index contributed by atoms with van der Waals surface area (Å²) in [5, 5.41) is 6.09. The van der Waals surface area contributed by atoms with Crippen LogP contribution in [-0.4, -0.2) is 57.8 Å². The van der Waals surface area contributed by atoms with E-state index in [-0.39, 0.29) is 24.4 Å². The van der Waals surface area contributed by atoms with Crippen LogP contribution >= 0.6 is 0 Å². The molecule has 0 spiro atoms. The number of nitrogens with zero attached hydrogens (tertiary/aromatic N) is 1. The van der Waals surface area contributed by atoms with Crippen LogP contribution in [0.3, 0.4) is 0 Å². The predicted molar refractivity (Wildman–Crippen MR) is 90.9 cm³/mol.